The molecule has 22 heavy (non-hydrogen) atoms. The number of aromatic nitrogens is 2. The maximum absolute atomic E-state index is 12.7. The summed E-state index contributed by atoms with van der Waals surface area (Å²) in [6.45, 7) is 1.65. The molecule has 114 valence electrons. The molecule has 1 unspecified atom stereocenters. The van der Waals surface area contributed by atoms with Crippen molar-refractivity contribution in [3.05, 3.63) is 36.7 Å². The van der Waals surface area contributed by atoms with Gasteiger partial charge in [-0.2, -0.15) is 5.10 Å². The summed E-state index contributed by atoms with van der Waals surface area (Å²) in [5.74, 6) is -0.588. The first-order valence-electron chi connectivity index (χ1n) is 6.78. The smallest absolute Gasteiger partial charge is 0.252 e. The molecule has 2 amide bonds. The lowest BCUT2D eigenvalue weighted by atomic mass is 10.1. The Morgan fingerprint density at radius 1 is 1.32 bits per heavy atom. The second-order valence-corrected chi connectivity index (χ2v) is 6.78. The number of para-hydroxylation sites is 1. The Hall–Kier alpha value is -2.28. The van der Waals surface area contributed by atoms with Crippen LogP contribution in [0, 0.1) is 0 Å². The molecule has 6 nitrogen and oxygen atoms in total. The van der Waals surface area contributed by atoms with E-state index in [-0.39, 0.29) is 11.8 Å². The molecule has 0 fully saturated rings. The summed E-state index contributed by atoms with van der Waals surface area (Å²) >= 11 is 1.27. The number of thioether (sulfide) groups is 1. The van der Waals surface area contributed by atoms with Crippen molar-refractivity contribution < 1.29 is 9.59 Å². The fourth-order valence-electron chi connectivity index (χ4n) is 2.39. The van der Waals surface area contributed by atoms with E-state index in [9.17, 15) is 9.59 Å². The van der Waals surface area contributed by atoms with Crippen LogP contribution in [-0.4, -0.2) is 33.4 Å². The quantitative estimate of drug-likeness (QED) is 0.859. The molecule has 0 bridgehead atoms. The lowest BCUT2D eigenvalue weighted by molar-refractivity contribution is -0.128. The number of carbonyl (C=O) groups is 2. The van der Waals surface area contributed by atoms with Crippen LogP contribution in [0.25, 0.3) is 0 Å². The minimum Gasteiger partial charge on any atom is -0.322 e. The third-order valence-corrected chi connectivity index (χ3v) is 4.98. The van der Waals surface area contributed by atoms with E-state index in [2.05, 4.69) is 10.4 Å². The van der Waals surface area contributed by atoms with Crippen LogP contribution < -0.4 is 10.2 Å². The standard InChI is InChI=1S/C15H16N4O2S/c1-15(13(20)17-10-8-16-18(2)9-10)14(21)19(3)11-6-4-5-7-12(11)22-15/h4-9H,1-3H3,(H,17,20). The first-order valence-corrected chi connectivity index (χ1v) is 7.60. The van der Waals surface area contributed by atoms with Gasteiger partial charge in [-0.05, 0) is 19.1 Å². The lowest BCUT2D eigenvalue weighted by Crippen LogP contribution is -2.53. The largest absolute Gasteiger partial charge is 0.322 e. The molecule has 0 saturated heterocycles. The zero-order chi connectivity index (χ0) is 15.9. The zero-order valence-electron chi connectivity index (χ0n) is 12.5. The summed E-state index contributed by atoms with van der Waals surface area (Å²) in [6, 6.07) is 7.56. The van der Waals surface area contributed by atoms with E-state index in [1.807, 2.05) is 24.3 Å². The molecule has 3 rings (SSSR count). The van der Waals surface area contributed by atoms with Gasteiger partial charge in [-0.15, -0.1) is 0 Å². The highest BCUT2D eigenvalue weighted by Gasteiger charge is 2.48. The number of amides is 2. The van der Waals surface area contributed by atoms with E-state index in [1.165, 1.54) is 16.7 Å². The number of hydrogen-bond acceptors (Lipinski definition) is 4. The van der Waals surface area contributed by atoms with Crippen molar-refractivity contribution in [3.8, 4) is 0 Å². The number of aryl methyl sites for hydroxylation is 1. The molecular formula is C15H16N4O2S. The minimum absolute atomic E-state index is 0.238. The van der Waals surface area contributed by atoms with Crippen LogP contribution in [0.4, 0.5) is 11.4 Å². The fraction of sp³-hybridized carbons (Fsp3) is 0.267. The molecule has 0 saturated carbocycles. The molecule has 1 N–H and O–H groups in total. The molecule has 0 spiro atoms. The Bertz CT molecular complexity index is 758. The maximum atomic E-state index is 12.7. The van der Waals surface area contributed by atoms with E-state index < -0.39 is 4.75 Å². The van der Waals surface area contributed by atoms with Crippen LogP contribution in [0.5, 0.6) is 0 Å². The summed E-state index contributed by atoms with van der Waals surface area (Å²) in [5, 5.41) is 6.77. The molecule has 7 heteroatoms. The van der Waals surface area contributed by atoms with Gasteiger partial charge in [-0.3, -0.25) is 14.3 Å². The van der Waals surface area contributed by atoms with Gasteiger partial charge in [-0.25, -0.2) is 0 Å². The summed E-state index contributed by atoms with van der Waals surface area (Å²) in [6.07, 6.45) is 3.24. The molecule has 1 aliphatic rings. The summed E-state index contributed by atoms with van der Waals surface area (Å²) in [5.41, 5.74) is 1.40. The lowest BCUT2D eigenvalue weighted by Gasteiger charge is -2.36. The summed E-state index contributed by atoms with van der Waals surface area (Å²) in [4.78, 5) is 27.8. The number of nitrogens with one attached hydrogen (secondary N) is 1. The second kappa shape index (κ2) is 5.17. The summed E-state index contributed by atoms with van der Waals surface area (Å²) < 4.78 is 0.383. The van der Waals surface area contributed by atoms with Gasteiger partial charge in [0.2, 0.25) is 5.91 Å². The minimum atomic E-state index is -1.21. The van der Waals surface area contributed by atoms with Gasteiger partial charge in [0.1, 0.15) is 0 Å². The van der Waals surface area contributed by atoms with Crippen molar-refractivity contribution in [3.63, 3.8) is 0 Å². The van der Waals surface area contributed by atoms with E-state index in [0.717, 1.165) is 10.6 Å². The molecule has 0 radical (unpaired) electrons. The molecule has 2 aromatic rings. The third-order valence-electron chi connectivity index (χ3n) is 3.65. The first-order chi connectivity index (χ1) is 10.4. The van der Waals surface area contributed by atoms with Gasteiger partial charge >= 0.3 is 0 Å². The normalized spacial score (nSPS) is 20.7. The predicted molar refractivity (Wildman–Crippen MR) is 86.0 cm³/mol. The van der Waals surface area contributed by atoms with Crippen molar-refractivity contribution >= 4 is 35.0 Å². The number of fused-ring (bicyclic) bond motifs is 1. The van der Waals surface area contributed by atoms with E-state index >= 15 is 0 Å². The van der Waals surface area contributed by atoms with Gasteiger partial charge in [-0.1, -0.05) is 23.9 Å². The van der Waals surface area contributed by atoms with E-state index in [4.69, 9.17) is 0 Å². The number of benzene rings is 1. The van der Waals surface area contributed by atoms with Crippen LogP contribution in [0.1, 0.15) is 6.92 Å². The average molecular weight is 316 g/mol. The molecule has 1 aromatic carbocycles. The maximum Gasteiger partial charge on any atom is 0.252 e. The van der Waals surface area contributed by atoms with Crippen LogP contribution in [0.15, 0.2) is 41.6 Å². The van der Waals surface area contributed by atoms with Gasteiger partial charge in [0.15, 0.2) is 4.75 Å². The predicted octanol–water partition coefficient (Wildman–Crippen LogP) is 1.89. The Balaban J connectivity index is 1.92. The van der Waals surface area contributed by atoms with Gasteiger partial charge in [0, 0.05) is 25.2 Å². The van der Waals surface area contributed by atoms with Crippen molar-refractivity contribution in [1.82, 2.24) is 9.78 Å². The molecule has 1 atom stereocenters. The SMILES string of the molecule is CN1C(=O)C(C)(C(=O)Nc2cnn(C)c2)Sc2ccccc21. The molecule has 1 aliphatic heterocycles. The van der Waals surface area contributed by atoms with Crippen molar-refractivity contribution in [2.45, 2.75) is 16.6 Å². The van der Waals surface area contributed by atoms with Crippen LogP contribution in [-0.2, 0) is 16.6 Å². The molecule has 1 aromatic heterocycles. The molecule has 0 aliphatic carbocycles. The number of hydrogen-bond donors (Lipinski definition) is 1. The second-order valence-electron chi connectivity index (χ2n) is 5.32. The first kappa shape index (κ1) is 14.6. The number of rotatable bonds is 2. The highest BCUT2D eigenvalue weighted by molar-refractivity contribution is 8.02. The van der Waals surface area contributed by atoms with Crippen molar-refractivity contribution in [1.29, 1.82) is 0 Å². The Kier molecular flexibility index (Phi) is 3.44. The van der Waals surface area contributed by atoms with Gasteiger partial charge < -0.3 is 10.2 Å². The summed E-state index contributed by atoms with van der Waals surface area (Å²) in [7, 11) is 3.46. The number of carbonyl (C=O) groups excluding carboxylic acids is 2. The van der Waals surface area contributed by atoms with Crippen molar-refractivity contribution in [2.24, 2.45) is 7.05 Å². The monoisotopic (exact) mass is 316 g/mol. The Labute approximate surface area is 132 Å². The zero-order valence-corrected chi connectivity index (χ0v) is 13.3. The molecule has 2 heterocycles. The Morgan fingerprint density at radius 3 is 2.73 bits per heavy atom. The van der Waals surface area contributed by atoms with Gasteiger partial charge in [0.25, 0.3) is 5.91 Å². The molecular weight excluding hydrogens is 300 g/mol. The van der Waals surface area contributed by atoms with E-state index in [0.29, 0.717) is 5.69 Å². The topological polar surface area (TPSA) is 67.2 Å². The van der Waals surface area contributed by atoms with Gasteiger partial charge in [0.05, 0.1) is 17.6 Å². The Morgan fingerprint density at radius 2 is 2.05 bits per heavy atom. The highest BCUT2D eigenvalue weighted by atomic mass is 32.2. The van der Waals surface area contributed by atoms with E-state index in [1.54, 1.807) is 38.1 Å². The van der Waals surface area contributed by atoms with Crippen LogP contribution >= 0.6 is 11.8 Å². The fourth-order valence-corrected chi connectivity index (χ4v) is 3.66. The highest BCUT2D eigenvalue weighted by Crippen LogP contribution is 2.45. The number of nitrogens with zero attached hydrogens (tertiary/aromatic N) is 3. The number of anilines is 2. The third kappa shape index (κ3) is 2.27. The van der Waals surface area contributed by atoms with Crippen molar-refractivity contribution in [2.75, 3.05) is 17.3 Å². The van der Waals surface area contributed by atoms with Crippen LogP contribution in [0.2, 0.25) is 0 Å². The average Bonchev–Trinajstić information content (AvgIpc) is 2.90. The van der Waals surface area contributed by atoms with Crippen LogP contribution in [0.3, 0.4) is 0 Å².